The van der Waals surface area contributed by atoms with Crippen LogP contribution in [0.25, 0.3) is 0 Å². The van der Waals surface area contributed by atoms with E-state index < -0.39 is 0 Å². The molecule has 90 valence electrons. The Morgan fingerprint density at radius 2 is 2.35 bits per heavy atom. The van der Waals surface area contributed by atoms with Gasteiger partial charge in [0.1, 0.15) is 0 Å². The molecular weight excluding hydrogens is 302 g/mol. The SMILES string of the molecule is CN(CCc1cccs1)C(=O)c1ccoc1Br. The number of thiophene rings is 1. The van der Waals surface area contributed by atoms with Crippen LogP contribution in [-0.2, 0) is 6.42 Å². The summed E-state index contributed by atoms with van der Waals surface area (Å²) in [4.78, 5) is 15.0. The Balaban J connectivity index is 1.94. The molecule has 0 aliphatic rings. The Kier molecular flexibility index (Phi) is 4.02. The highest BCUT2D eigenvalue weighted by molar-refractivity contribution is 9.10. The largest absolute Gasteiger partial charge is 0.457 e. The topological polar surface area (TPSA) is 33.5 Å². The average Bonchev–Trinajstić information content (AvgIpc) is 2.95. The molecule has 0 fully saturated rings. The molecule has 5 heteroatoms. The van der Waals surface area contributed by atoms with Crippen molar-refractivity contribution >= 4 is 33.2 Å². The third-order valence-electron chi connectivity index (χ3n) is 2.47. The van der Waals surface area contributed by atoms with Crippen molar-refractivity contribution in [2.45, 2.75) is 6.42 Å². The summed E-state index contributed by atoms with van der Waals surface area (Å²) in [5.41, 5.74) is 0.568. The molecule has 0 aromatic carbocycles. The number of carbonyl (C=O) groups excluding carboxylic acids is 1. The first-order valence-corrected chi connectivity index (χ1v) is 6.86. The molecule has 2 rings (SSSR count). The minimum atomic E-state index is -0.0258. The number of furan rings is 1. The summed E-state index contributed by atoms with van der Waals surface area (Å²) in [5.74, 6) is -0.0258. The molecule has 2 aromatic rings. The average molecular weight is 314 g/mol. The van der Waals surface area contributed by atoms with E-state index in [2.05, 4.69) is 22.0 Å². The number of halogens is 1. The van der Waals surface area contributed by atoms with Crippen LogP contribution in [-0.4, -0.2) is 24.4 Å². The number of hydrogen-bond acceptors (Lipinski definition) is 3. The number of amides is 1. The van der Waals surface area contributed by atoms with Gasteiger partial charge in [0.2, 0.25) is 0 Å². The fourth-order valence-electron chi connectivity index (χ4n) is 1.49. The van der Waals surface area contributed by atoms with Crippen LogP contribution in [0.5, 0.6) is 0 Å². The molecule has 0 N–H and O–H groups in total. The van der Waals surface area contributed by atoms with Gasteiger partial charge in [-0.2, -0.15) is 0 Å². The van der Waals surface area contributed by atoms with Crippen LogP contribution >= 0.6 is 27.3 Å². The molecule has 0 atom stereocenters. The molecule has 0 spiro atoms. The van der Waals surface area contributed by atoms with Gasteiger partial charge in [0, 0.05) is 18.5 Å². The number of hydrogen-bond donors (Lipinski definition) is 0. The molecular formula is C12H12BrNO2S. The first kappa shape index (κ1) is 12.4. The van der Waals surface area contributed by atoms with Crippen molar-refractivity contribution in [3.63, 3.8) is 0 Å². The highest BCUT2D eigenvalue weighted by atomic mass is 79.9. The van der Waals surface area contributed by atoms with E-state index in [9.17, 15) is 4.79 Å². The molecule has 0 unspecified atom stereocenters. The van der Waals surface area contributed by atoms with Gasteiger partial charge in [-0.25, -0.2) is 0 Å². The summed E-state index contributed by atoms with van der Waals surface area (Å²) < 4.78 is 5.55. The number of likely N-dealkylation sites (N-methyl/N-ethyl adjacent to an activating group) is 1. The zero-order valence-corrected chi connectivity index (χ0v) is 11.8. The van der Waals surface area contributed by atoms with E-state index in [0.29, 0.717) is 16.8 Å². The van der Waals surface area contributed by atoms with Crippen molar-refractivity contribution in [3.05, 3.63) is 45.0 Å². The van der Waals surface area contributed by atoms with E-state index in [4.69, 9.17) is 4.42 Å². The summed E-state index contributed by atoms with van der Waals surface area (Å²) in [6, 6.07) is 5.78. The molecule has 3 nitrogen and oxygen atoms in total. The molecule has 0 saturated carbocycles. The van der Waals surface area contributed by atoms with Crippen LogP contribution in [0.3, 0.4) is 0 Å². The Morgan fingerprint density at radius 1 is 1.53 bits per heavy atom. The first-order valence-electron chi connectivity index (χ1n) is 5.19. The van der Waals surface area contributed by atoms with Gasteiger partial charge in [-0.15, -0.1) is 11.3 Å². The Labute approximate surface area is 112 Å². The monoisotopic (exact) mass is 313 g/mol. The molecule has 0 bridgehead atoms. The van der Waals surface area contributed by atoms with Crippen LogP contribution in [0.4, 0.5) is 0 Å². The number of nitrogens with zero attached hydrogens (tertiary/aromatic N) is 1. The van der Waals surface area contributed by atoms with Gasteiger partial charge in [0.05, 0.1) is 11.8 Å². The fraction of sp³-hybridized carbons (Fsp3) is 0.250. The maximum Gasteiger partial charge on any atom is 0.258 e. The van der Waals surface area contributed by atoms with Crippen molar-refractivity contribution < 1.29 is 9.21 Å². The van der Waals surface area contributed by atoms with E-state index >= 15 is 0 Å². The second kappa shape index (κ2) is 5.51. The summed E-state index contributed by atoms with van der Waals surface area (Å²) >= 11 is 4.92. The second-order valence-corrected chi connectivity index (χ2v) is 5.42. The number of rotatable bonds is 4. The zero-order valence-electron chi connectivity index (χ0n) is 9.35. The lowest BCUT2D eigenvalue weighted by Gasteiger charge is -2.15. The lowest BCUT2D eigenvalue weighted by Crippen LogP contribution is -2.28. The highest BCUT2D eigenvalue weighted by Gasteiger charge is 2.16. The third kappa shape index (κ3) is 2.98. The van der Waals surface area contributed by atoms with Gasteiger partial charge in [0.15, 0.2) is 4.67 Å². The highest BCUT2D eigenvalue weighted by Crippen LogP contribution is 2.19. The summed E-state index contributed by atoms with van der Waals surface area (Å²) in [7, 11) is 1.80. The minimum Gasteiger partial charge on any atom is -0.457 e. The molecule has 1 amide bonds. The number of carbonyl (C=O) groups is 1. The van der Waals surface area contributed by atoms with E-state index in [-0.39, 0.29) is 5.91 Å². The Morgan fingerprint density at radius 3 is 2.94 bits per heavy atom. The van der Waals surface area contributed by atoms with Gasteiger partial charge < -0.3 is 9.32 Å². The molecule has 0 saturated heterocycles. The minimum absolute atomic E-state index is 0.0258. The van der Waals surface area contributed by atoms with Gasteiger partial charge in [-0.1, -0.05) is 6.07 Å². The smallest absolute Gasteiger partial charge is 0.258 e. The quantitative estimate of drug-likeness (QED) is 0.866. The van der Waals surface area contributed by atoms with E-state index in [0.717, 1.165) is 6.42 Å². The van der Waals surface area contributed by atoms with Gasteiger partial charge in [0.25, 0.3) is 5.91 Å². The van der Waals surface area contributed by atoms with Crippen LogP contribution < -0.4 is 0 Å². The predicted molar refractivity (Wildman–Crippen MR) is 71.4 cm³/mol. The molecule has 0 aliphatic carbocycles. The first-order chi connectivity index (χ1) is 8.18. The lowest BCUT2D eigenvalue weighted by atomic mass is 10.2. The van der Waals surface area contributed by atoms with Crippen LogP contribution in [0.2, 0.25) is 0 Å². The predicted octanol–water partition coefficient (Wildman–Crippen LogP) is 3.42. The van der Waals surface area contributed by atoms with E-state index in [1.165, 1.54) is 11.1 Å². The van der Waals surface area contributed by atoms with Crippen molar-refractivity contribution in [1.29, 1.82) is 0 Å². The van der Waals surface area contributed by atoms with Gasteiger partial charge >= 0.3 is 0 Å². The Bertz CT molecular complexity index is 492. The maximum absolute atomic E-state index is 12.0. The van der Waals surface area contributed by atoms with Crippen LogP contribution in [0.15, 0.2) is 38.9 Å². The van der Waals surface area contributed by atoms with Crippen LogP contribution in [0, 0.1) is 0 Å². The zero-order chi connectivity index (χ0) is 12.3. The molecule has 2 heterocycles. The lowest BCUT2D eigenvalue weighted by molar-refractivity contribution is 0.0795. The summed E-state index contributed by atoms with van der Waals surface area (Å²) in [6.45, 7) is 0.705. The molecule has 0 radical (unpaired) electrons. The van der Waals surface area contributed by atoms with Crippen molar-refractivity contribution in [3.8, 4) is 0 Å². The van der Waals surface area contributed by atoms with E-state index in [1.807, 2.05) is 11.4 Å². The summed E-state index contributed by atoms with van der Waals surface area (Å²) in [5, 5.41) is 2.05. The normalized spacial score (nSPS) is 10.5. The van der Waals surface area contributed by atoms with Crippen molar-refractivity contribution in [1.82, 2.24) is 4.90 Å². The molecule has 0 aliphatic heterocycles. The third-order valence-corrected chi connectivity index (χ3v) is 4.02. The second-order valence-electron chi connectivity index (χ2n) is 3.66. The van der Waals surface area contributed by atoms with Gasteiger partial charge in [-0.05, 0) is 39.9 Å². The standard InChI is InChI=1S/C12H12BrNO2S/c1-14(6-4-9-3-2-8-17-9)12(15)10-5-7-16-11(10)13/h2-3,5,7-8H,4,6H2,1H3. The van der Waals surface area contributed by atoms with Crippen LogP contribution in [0.1, 0.15) is 15.2 Å². The molecule has 17 heavy (non-hydrogen) atoms. The van der Waals surface area contributed by atoms with Gasteiger partial charge in [-0.3, -0.25) is 4.79 Å². The Hall–Kier alpha value is -1.07. The van der Waals surface area contributed by atoms with Crippen molar-refractivity contribution in [2.24, 2.45) is 0 Å². The maximum atomic E-state index is 12.0. The fourth-order valence-corrected chi connectivity index (χ4v) is 2.59. The summed E-state index contributed by atoms with van der Waals surface area (Å²) in [6.07, 6.45) is 2.39. The molecule has 2 aromatic heterocycles. The van der Waals surface area contributed by atoms with E-state index in [1.54, 1.807) is 29.4 Å². The van der Waals surface area contributed by atoms with Crippen molar-refractivity contribution in [2.75, 3.05) is 13.6 Å².